The summed E-state index contributed by atoms with van der Waals surface area (Å²) in [4.78, 5) is 28.8. The monoisotopic (exact) mass is 501 g/mol. The Morgan fingerprint density at radius 3 is 2.81 bits per heavy atom. The number of phenolic OH excluding ortho intramolecular Hbond substituents is 1. The molecule has 1 aromatic carbocycles. The molecule has 1 aliphatic carbocycles. The average molecular weight is 502 g/mol. The molecule has 3 aliphatic rings. The number of ketones is 1. The maximum absolute atomic E-state index is 13.7. The van der Waals surface area contributed by atoms with Crippen LogP contribution in [0.2, 0.25) is 0 Å². The van der Waals surface area contributed by atoms with Crippen LogP contribution in [0.25, 0.3) is 0 Å². The molecule has 1 saturated carbocycles. The lowest BCUT2D eigenvalue weighted by Crippen LogP contribution is -2.41. The lowest BCUT2D eigenvalue weighted by atomic mass is 9.74. The third-order valence-corrected chi connectivity index (χ3v) is 7.30. The van der Waals surface area contributed by atoms with Crippen LogP contribution in [-0.2, 0) is 20.9 Å². The molecule has 0 spiro atoms. The minimum Gasteiger partial charge on any atom is -0.503 e. The first-order valence-electron chi connectivity index (χ1n) is 10.7. The Labute approximate surface area is 194 Å². The number of benzene rings is 1. The highest BCUT2D eigenvalue weighted by Crippen LogP contribution is 2.49. The van der Waals surface area contributed by atoms with Crippen molar-refractivity contribution in [2.75, 3.05) is 7.11 Å². The van der Waals surface area contributed by atoms with Gasteiger partial charge in [-0.05, 0) is 70.9 Å². The minimum absolute atomic E-state index is 0.0220. The number of hydrogen-bond donors (Lipinski definition) is 1. The largest absolute Gasteiger partial charge is 0.503 e. The normalized spacial score (nSPS) is 27.3. The van der Waals surface area contributed by atoms with E-state index in [1.807, 2.05) is 0 Å². The van der Waals surface area contributed by atoms with Gasteiger partial charge in [0, 0.05) is 0 Å². The van der Waals surface area contributed by atoms with Crippen molar-refractivity contribution >= 4 is 27.6 Å². The first-order valence-corrected chi connectivity index (χ1v) is 11.5. The second-order valence-electron chi connectivity index (χ2n) is 8.76. The molecule has 8 heteroatoms. The van der Waals surface area contributed by atoms with E-state index < -0.39 is 6.04 Å². The molecule has 7 nitrogen and oxygen atoms in total. The zero-order valence-electron chi connectivity index (χ0n) is 17.8. The smallest absolute Gasteiger partial charge is 0.290 e. The molecule has 4 atom stereocenters. The van der Waals surface area contributed by atoms with Gasteiger partial charge in [0.25, 0.3) is 5.91 Å². The van der Waals surface area contributed by atoms with Gasteiger partial charge < -0.3 is 23.9 Å². The molecule has 32 heavy (non-hydrogen) atoms. The molecule has 0 bridgehead atoms. The van der Waals surface area contributed by atoms with Crippen LogP contribution in [0.1, 0.15) is 43.6 Å². The van der Waals surface area contributed by atoms with E-state index in [2.05, 4.69) is 22.9 Å². The lowest BCUT2D eigenvalue weighted by Gasteiger charge is -2.37. The fourth-order valence-electron chi connectivity index (χ4n) is 5.11. The Hall–Kier alpha value is -2.74. The first kappa shape index (κ1) is 21.1. The summed E-state index contributed by atoms with van der Waals surface area (Å²) < 4.78 is 17.4. The maximum Gasteiger partial charge on any atom is 0.290 e. The molecule has 1 N–H and O–H groups in total. The Bertz CT molecular complexity index is 1110. The van der Waals surface area contributed by atoms with E-state index in [4.69, 9.17) is 13.9 Å². The van der Waals surface area contributed by atoms with Crippen molar-refractivity contribution < 1.29 is 28.6 Å². The molecular weight excluding hydrogens is 478 g/mol. The maximum atomic E-state index is 13.7. The van der Waals surface area contributed by atoms with E-state index in [9.17, 15) is 14.7 Å². The molecule has 1 fully saturated rings. The average Bonchev–Trinajstić information content (AvgIpc) is 3.38. The zero-order valence-corrected chi connectivity index (χ0v) is 19.4. The van der Waals surface area contributed by atoms with Gasteiger partial charge in [-0.2, -0.15) is 0 Å². The topological polar surface area (TPSA) is 89.2 Å². The third kappa shape index (κ3) is 3.32. The van der Waals surface area contributed by atoms with Crippen LogP contribution in [-0.4, -0.2) is 34.9 Å². The van der Waals surface area contributed by atoms with Crippen molar-refractivity contribution in [1.29, 1.82) is 0 Å². The van der Waals surface area contributed by atoms with Crippen LogP contribution in [0, 0.1) is 11.8 Å². The molecule has 0 saturated heterocycles. The van der Waals surface area contributed by atoms with Crippen LogP contribution >= 0.6 is 15.9 Å². The predicted molar refractivity (Wildman–Crippen MR) is 118 cm³/mol. The standard InChI is InChI=1S/C24H24BrNO6/c1-12-5-6-17-15(8-12)21(27)19-20(13-9-16(25)22(28)18(10-13)30-2)26(24(29)23(19)32-17)11-14-4-3-7-31-14/h3-4,7,9-10,12,15,17,20,28H,5-6,8,11H2,1-2H3. The van der Waals surface area contributed by atoms with Gasteiger partial charge in [-0.15, -0.1) is 0 Å². The Morgan fingerprint density at radius 2 is 2.09 bits per heavy atom. The molecule has 3 heterocycles. The number of carbonyl (C=O) groups is 2. The fourth-order valence-corrected chi connectivity index (χ4v) is 5.57. The number of hydrogen-bond acceptors (Lipinski definition) is 6. The predicted octanol–water partition coefficient (Wildman–Crippen LogP) is 4.50. The van der Waals surface area contributed by atoms with Gasteiger partial charge in [0.1, 0.15) is 11.9 Å². The van der Waals surface area contributed by atoms with Crippen molar-refractivity contribution in [3.05, 3.63) is 57.7 Å². The van der Waals surface area contributed by atoms with Gasteiger partial charge in [-0.3, -0.25) is 9.59 Å². The van der Waals surface area contributed by atoms with Gasteiger partial charge in [0.05, 0.1) is 41.9 Å². The van der Waals surface area contributed by atoms with Crippen molar-refractivity contribution in [1.82, 2.24) is 4.90 Å². The number of phenols is 1. The summed E-state index contributed by atoms with van der Waals surface area (Å²) in [5, 5.41) is 10.3. The second-order valence-corrected chi connectivity index (χ2v) is 9.61. The Kier molecular flexibility index (Phi) is 5.28. The van der Waals surface area contributed by atoms with E-state index in [0.717, 1.165) is 19.3 Å². The lowest BCUT2D eigenvalue weighted by molar-refractivity contribution is -0.136. The molecule has 4 unspecified atom stereocenters. The molecule has 2 aromatic rings. The second kappa shape index (κ2) is 7.99. The number of fused-ring (bicyclic) bond motifs is 1. The summed E-state index contributed by atoms with van der Waals surface area (Å²) in [6.45, 7) is 2.34. The molecule has 5 rings (SSSR count). The first-order chi connectivity index (χ1) is 15.4. The van der Waals surface area contributed by atoms with Gasteiger partial charge in [0.15, 0.2) is 23.0 Å². The summed E-state index contributed by atoms with van der Waals surface area (Å²) in [7, 11) is 1.46. The van der Waals surface area contributed by atoms with Gasteiger partial charge in [0.2, 0.25) is 0 Å². The quantitative estimate of drug-likeness (QED) is 0.663. The Morgan fingerprint density at radius 1 is 1.28 bits per heavy atom. The van der Waals surface area contributed by atoms with Crippen LogP contribution in [0.5, 0.6) is 11.5 Å². The third-order valence-electron chi connectivity index (χ3n) is 6.70. The highest BCUT2D eigenvalue weighted by molar-refractivity contribution is 9.10. The molecular formula is C24H24BrNO6. The summed E-state index contributed by atoms with van der Waals surface area (Å²) in [6, 6.07) is 6.25. The zero-order chi connectivity index (χ0) is 22.6. The molecule has 1 aromatic heterocycles. The highest BCUT2D eigenvalue weighted by atomic mass is 79.9. The minimum atomic E-state index is -0.668. The van der Waals surface area contributed by atoms with Crippen LogP contribution in [0.15, 0.2) is 50.8 Å². The van der Waals surface area contributed by atoms with Crippen molar-refractivity contribution in [2.45, 2.75) is 44.9 Å². The number of halogens is 1. The Balaban J connectivity index is 1.63. The van der Waals surface area contributed by atoms with Gasteiger partial charge in [-0.25, -0.2) is 0 Å². The number of nitrogens with zero attached hydrogens (tertiary/aromatic N) is 1. The highest BCUT2D eigenvalue weighted by Gasteiger charge is 2.52. The number of ether oxygens (including phenoxy) is 2. The van der Waals surface area contributed by atoms with E-state index in [1.165, 1.54) is 7.11 Å². The molecule has 0 radical (unpaired) electrons. The van der Waals surface area contributed by atoms with Crippen molar-refractivity contribution in [3.63, 3.8) is 0 Å². The van der Waals surface area contributed by atoms with E-state index >= 15 is 0 Å². The fraction of sp³-hybridized carbons (Fsp3) is 0.417. The van der Waals surface area contributed by atoms with Crippen LogP contribution < -0.4 is 4.74 Å². The number of methoxy groups -OCH3 is 1. The molecule has 168 valence electrons. The summed E-state index contributed by atoms with van der Waals surface area (Å²) in [5.41, 5.74) is 1.03. The number of furan rings is 1. The van der Waals surface area contributed by atoms with Crippen LogP contribution in [0.4, 0.5) is 0 Å². The van der Waals surface area contributed by atoms with E-state index in [-0.39, 0.29) is 47.5 Å². The summed E-state index contributed by atoms with van der Waals surface area (Å²) in [5.74, 6) is 0.794. The van der Waals surface area contributed by atoms with Crippen molar-refractivity contribution in [3.8, 4) is 11.5 Å². The molecule has 1 amide bonds. The summed E-state index contributed by atoms with van der Waals surface area (Å²) in [6.07, 6.45) is 3.79. The van der Waals surface area contributed by atoms with Crippen molar-refractivity contribution in [2.24, 2.45) is 11.8 Å². The number of aromatic hydroxyl groups is 1. The number of rotatable bonds is 4. The number of carbonyl (C=O) groups excluding carboxylic acids is 2. The van der Waals surface area contributed by atoms with E-state index in [1.54, 1.807) is 35.4 Å². The number of Topliss-reactive ketones (excluding diaryl/α,β-unsaturated/α-hetero) is 1. The molecule has 2 aliphatic heterocycles. The SMILES string of the molecule is COc1cc(C2C3=C(OC4CCC(C)CC4C3=O)C(=O)N2Cc2ccco2)cc(Br)c1O. The van der Waals surface area contributed by atoms with Gasteiger partial charge >= 0.3 is 0 Å². The van der Waals surface area contributed by atoms with Crippen LogP contribution in [0.3, 0.4) is 0 Å². The van der Waals surface area contributed by atoms with E-state index in [0.29, 0.717) is 27.3 Å². The summed E-state index contributed by atoms with van der Waals surface area (Å²) >= 11 is 3.36. The van der Waals surface area contributed by atoms with Gasteiger partial charge in [-0.1, -0.05) is 6.92 Å². The number of amides is 1.